The van der Waals surface area contributed by atoms with E-state index in [2.05, 4.69) is 5.32 Å². The Bertz CT molecular complexity index is 694. The topological polar surface area (TPSA) is 125 Å². The maximum atomic E-state index is 13.2. The molecule has 0 aliphatic rings. The van der Waals surface area contributed by atoms with Crippen LogP contribution in [0, 0.1) is 11.7 Å². The molecule has 0 saturated carbocycles. The highest BCUT2D eigenvalue weighted by Crippen LogP contribution is 2.14. The largest absolute Gasteiger partial charge is 0.466 e. The van der Waals surface area contributed by atoms with Crippen LogP contribution >= 0.6 is 0 Å². The van der Waals surface area contributed by atoms with Crippen molar-refractivity contribution in [1.82, 2.24) is 5.32 Å². The highest BCUT2D eigenvalue weighted by atomic mass is 19.1. The first kappa shape index (κ1) is 22.1. The fourth-order valence-electron chi connectivity index (χ4n) is 2.41. The number of nitrogens with one attached hydrogen (secondary N) is 1. The van der Waals surface area contributed by atoms with Gasteiger partial charge in [-0.05, 0) is 31.5 Å². The number of halogens is 1. The molecule has 1 aromatic rings. The Balaban J connectivity index is 2.94. The molecule has 0 fully saturated rings. The van der Waals surface area contributed by atoms with Crippen molar-refractivity contribution < 1.29 is 33.0 Å². The smallest absolute Gasteiger partial charge is 0.312 e. The monoisotopic (exact) mass is 382 g/mol. The Kier molecular flexibility index (Phi) is 8.91. The van der Waals surface area contributed by atoms with E-state index in [9.17, 15) is 23.6 Å². The van der Waals surface area contributed by atoms with E-state index in [0.717, 1.165) is 0 Å². The highest BCUT2D eigenvalue weighted by Gasteiger charge is 2.37. The predicted molar refractivity (Wildman–Crippen MR) is 92.6 cm³/mol. The van der Waals surface area contributed by atoms with E-state index in [-0.39, 0.29) is 19.6 Å². The van der Waals surface area contributed by atoms with Crippen molar-refractivity contribution in [2.24, 2.45) is 11.7 Å². The van der Waals surface area contributed by atoms with E-state index < -0.39 is 48.0 Å². The first-order valence-corrected chi connectivity index (χ1v) is 8.43. The van der Waals surface area contributed by atoms with E-state index in [1.807, 2.05) is 0 Å². The van der Waals surface area contributed by atoms with Crippen molar-refractivity contribution in [3.63, 3.8) is 0 Å². The molecule has 0 aliphatic carbocycles. The summed E-state index contributed by atoms with van der Waals surface area (Å²) in [5.74, 6) is -5.12. The Morgan fingerprint density at radius 1 is 1.15 bits per heavy atom. The van der Waals surface area contributed by atoms with Gasteiger partial charge in [0, 0.05) is 0 Å². The minimum Gasteiger partial charge on any atom is -0.466 e. The summed E-state index contributed by atoms with van der Waals surface area (Å²) in [6.45, 7) is 3.24. The summed E-state index contributed by atoms with van der Waals surface area (Å²) in [7, 11) is 0. The minimum atomic E-state index is -1.48. The summed E-state index contributed by atoms with van der Waals surface area (Å²) in [5.41, 5.74) is 5.68. The number of primary amides is 1. The summed E-state index contributed by atoms with van der Waals surface area (Å²) in [5, 5.41) is 2.33. The molecular formula is C18H23FN2O6. The second kappa shape index (κ2) is 10.9. The lowest BCUT2D eigenvalue weighted by molar-refractivity contribution is -0.157. The Morgan fingerprint density at radius 3 is 2.37 bits per heavy atom. The van der Waals surface area contributed by atoms with Gasteiger partial charge in [0.2, 0.25) is 11.8 Å². The lowest BCUT2D eigenvalue weighted by atomic mass is 9.95. The normalized spacial score (nSPS) is 12.6. The SMILES string of the molecule is CCOC(=O)C[C@H](C(=O)OCC)[C@@H](NC(=O)Cc1cccc(F)c1)C(N)=O. The molecule has 0 spiro atoms. The van der Waals surface area contributed by atoms with Crippen LogP contribution in [0.25, 0.3) is 0 Å². The second-order valence-corrected chi connectivity index (χ2v) is 5.62. The van der Waals surface area contributed by atoms with Gasteiger partial charge in [0.05, 0.1) is 32.0 Å². The molecule has 1 rings (SSSR count). The van der Waals surface area contributed by atoms with Crippen LogP contribution in [0.1, 0.15) is 25.8 Å². The van der Waals surface area contributed by atoms with Crippen LogP contribution in [-0.2, 0) is 35.1 Å². The van der Waals surface area contributed by atoms with Gasteiger partial charge in [-0.1, -0.05) is 12.1 Å². The number of hydrogen-bond acceptors (Lipinski definition) is 6. The quantitative estimate of drug-likeness (QED) is 0.567. The van der Waals surface area contributed by atoms with E-state index in [0.29, 0.717) is 5.56 Å². The van der Waals surface area contributed by atoms with Gasteiger partial charge in [-0.3, -0.25) is 19.2 Å². The van der Waals surface area contributed by atoms with Crippen LogP contribution in [0.5, 0.6) is 0 Å². The lowest BCUT2D eigenvalue weighted by Gasteiger charge is -2.23. The third-order valence-corrected chi connectivity index (χ3v) is 3.56. The zero-order chi connectivity index (χ0) is 20.4. The lowest BCUT2D eigenvalue weighted by Crippen LogP contribution is -2.52. The van der Waals surface area contributed by atoms with Crippen molar-refractivity contribution in [3.8, 4) is 0 Å². The Labute approximate surface area is 156 Å². The van der Waals surface area contributed by atoms with Crippen molar-refractivity contribution in [2.45, 2.75) is 32.7 Å². The molecule has 0 aromatic heterocycles. The van der Waals surface area contributed by atoms with Gasteiger partial charge in [0.1, 0.15) is 11.9 Å². The van der Waals surface area contributed by atoms with Crippen LogP contribution < -0.4 is 11.1 Å². The number of nitrogens with two attached hydrogens (primary N) is 1. The number of ether oxygens (including phenoxy) is 2. The standard InChI is InChI=1S/C18H23FN2O6/c1-3-26-15(23)10-13(18(25)27-4-2)16(17(20)24)21-14(22)9-11-6-5-7-12(19)8-11/h5-8,13,16H,3-4,9-10H2,1-2H3,(H2,20,24)(H,21,22)/t13-,16+/m0/s1. The molecule has 148 valence electrons. The van der Waals surface area contributed by atoms with Crippen molar-refractivity contribution in [3.05, 3.63) is 35.6 Å². The molecular weight excluding hydrogens is 359 g/mol. The molecule has 3 N–H and O–H groups in total. The highest BCUT2D eigenvalue weighted by molar-refractivity contribution is 5.93. The summed E-state index contributed by atoms with van der Waals surface area (Å²) >= 11 is 0. The van der Waals surface area contributed by atoms with E-state index >= 15 is 0 Å². The van der Waals surface area contributed by atoms with Crippen LogP contribution in [0.2, 0.25) is 0 Å². The molecule has 2 amide bonds. The molecule has 27 heavy (non-hydrogen) atoms. The maximum Gasteiger partial charge on any atom is 0.312 e. The molecule has 1 aromatic carbocycles. The molecule has 9 heteroatoms. The van der Waals surface area contributed by atoms with E-state index in [1.165, 1.54) is 24.3 Å². The first-order chi connectivity index (χ1) is 12.8. The third kappa shape index (κ3) is 7.43. The number of carbonyl (C=O) groups excluding carboxylic acids is 4. The number of benzene rings is 1. The zero-order valence-electron chi connectivity index (χ0n) is 15.2. The van der Waals surface area contributed by atoms with Crippen LogP contribution in [0.4, 0.5) is 4.39 Å². The number of hydrogen-bond donors (Lipinski definition) is 2. The summed E-state index contributed by atoms with van der Waals surface area (Å²) in [4.78, 5) is 48.0. The second-order valence-electron chi connectivity index (χ2n) is 5.62. The minimum absolute atomic E-state index is 0.0148. The van der Waals surface area contributed by atoms with Gasteiger partial charge in [-0.15, -0.1) is 0 Å². The van der Waals surface area contributed by atoms with Crippen LogP contribution in [0.15, 0.2) is 24.3 Å². The molecule has 0 unspecified atom stereocenters. The van der Waals surface area contributed by atoms with Gasteiger partial charge in [-0.2, -0.15) is 0 Å². The van der Waals surface area contributed by atoms with Gasteiger partial charge >= 0.3 is 11.9 Å². The average molecular weight is 382 g/mol. The predicted octanol–water partition coefficient (Wildman–Crippen LogP) is 0.471. The molecule has 0 heterocycles. The maximum absolute atomic E-state index is 13.2. The van der Waals surface area contributed by atoms with E-state index in [4.69, 9.17) is 15.2 Å². The van der Waals surface area contributed by atoms with E-state index in [1.54, 1.807) is 13.8 Å². The summed E-state index contributed by atoms with van der Waals surface area (Å²) < 4.78 is 22.9. The zero-order valence-corrected chi connectivity index (χ0v) is 15.2. The molecule has 0 radical (unpaired) electrons. The molecule has 8 nitrogen and oxygen atoms in total. The first-order valence-electron chi connectivity index (χ1n) is 8.43. The van der Waals surface area contributed by atoms with Gasteiger partial charge in [-0.25, -0.2) is 4.39 Å². The number of esters is 2. The van der Waals surface area contributed by atoms with Gasteiger partial charge < -0.3 is 20.5 Å². The molecule has 0 aliphatic heterocycles. The Hall–Kier alpha value is -2.97. The number of rotatable bonds is 10. The third-order valence-electron chi connectivity index (χ3n) is 3.56. The average Bonchev–Trinajstić information content (AvgIpc) is 2.58. The fraction of sp³-hybridized carbons (Fsp3) is 0.444. The van der Waals surface area contributed by atoms with Crippen molar-refractivity contribution >= 4 is 23.8 Å². The van der Waals surface area contributed by atoms with Gasteiger partial charge in [0.15, 0.2) is 0 Å². The molecule has 2 atom stereocenters. The fourth-order valence-corrected chi connectivity index (χ4v) is 2.41. The number of carbonyl (C=O) groups is 4. The number of amides is 2. The van der Waals surface area contributed by atoms with Crippen molar-refractivity contribution in [2.75, 3.05) is 13.2 Å². The molecule has 0 saturated heterocycles. The van der Waals surface area contributed by atoms with Crippen molar-refractivity contribution in [1.29, 1.82) is 0 Å². The van der Waals surface area contributed by atoms with Crippen LogP contribution in [-0.4, -0.2) is 43.0 Å². The summed E-state index contributed by atoms with van der Waals surface area (Å²) in [6.07, 6.45) is -0.725. The van der Waals surface area contributed by atoms with Gasteiger partial charge in [0.25, 0.3) is 0 Å². The van der Waals surface area contributed by atoms with Crippen LogP contribution in [0.3, 0.4) is 0 Å². The summed E-state index contributed by atoms with van der Waals surface area (Å²) in [6, 6.07) is 3.88. The molecule has 0 bridgehead atoms. The Morgan fingerprint density at radius 2 is 1.81 bits per heavy atom.